The number of carbonyl (C=O) groups excluding carboxylic acids is 1. The summed E-state index contributed by atoms with van der Waals surface area (Å²) in [6.07, 6.45) is 3.40. The Morgan fingerprint density at radius 3 is 2.30 bits per heavy atom. The third kappa shape index (κ3) is 8.03. The van der Waals surface area contributed by atoms with Crippen LogP contribution in [0.5, 0.6) is 0 Å². The minimum absolute atomic E-state index is 0.124. The van der Waals surface area contributed by atoms with Crippen LogP contribution in [0.2, 0.25) is 0 Å². The number of rotatable bonds is 10. The smallest absolute Gasteiger partial charge is 0.219 e. The standard InChI is InChI=1S/C19H32N2O2/c1-16(2)23-15-6-8-18-9-11-19(12-10-18)21(5)14-7-13-20(4)17(3)22/h9-12,16H,6-8,13-15H2,1-5H3. The molecule has 1 rings (SSSR count). The van der Waals surface area contributed by atoms with Gasteiger partial charge in [-0.2, -0.15) is 0 Å². The number of anilines is 1. The molecule has 0 N–H and O–H groups in total. The van der Waals surface area contributed by atoms with Crippen LogP contribution in [0.25, 0.3) is 0 Å². The molecule has 0 atom stereocenters. The van der Waals surface area contributed by atoms with Gasteiger partial charge in [-0.1, -0.05) is 12.1 Å². The van der Waals surface area contributed by atoms with Crippen LogP contribution in [0.3, 0.4) is 0 Å². The summed E-state index contributed by atoms with van der Waals surface area (Å²) < 4.78 is 5.57. The van der Waals surface area contributed by atoms with Gasteiger partial charge in [0.05, 0.1) is 6.10 Å². The molecule has 23 heavy (non-hydrogen) atoms. The van der Waals surface area contributed by atoms with Gasteiger partial charge < -0.3 is 14.5 Å². The Morgan fingerprint density at radius 1 is 1.09 bits per heavy atom. The first-order chi connectivity index (χ1) is 10.9. The third-order valence-electron chi connectivity index (χ3n) is 3.96. The summed E-state index contributed by atoms with van der Waals surface area (Å²) in [5, 5.41) is 0. The van der Waals surface area contributed by atoms with Crippen LogP contribution < -0.4 is 4.90 Å². The van der Waals surface area contributed by atoms with Crippen LogP contribution in [0.4, 0.5) is 5.69 Å². The SMILES string of the molecule is CC(=O)N(C)CCCN(C)c1ccc(CCCOC(C)C)cc1. The van der Waals surface area contributed by atoms with Crippen molar-refractivity contribution in [3.63, 3.8) is 0 Å². The minimum atomic E-state index is 0.124. The van der Waals surface area contributed by atoms with Crippen molar-refractivity contribution in [2.24, 2.45) is 0 Å². The molecule has 0 aromatic heterocycles. The summed E-state index contributed by atoms with van der Waals surface area (Å²) in [5.41, 5.74) is 2.57. The van der Waals surface area contributed by atoms with E-state index in [-0.39, 0.29) is 5.91 Å². The summed E-state index contributed by atoms with van der Waals surface area (Å²) in [6.45, 7) is 8.31. The molecule has 0 spiro atoms. The summed E-state index contributed by atoms with van der Waals surface area (Å²) in [4.78, 5) is 15.2. The van der Waals surface area contributed by atoms with E-state index in [9.17, 15) is 4.79 Å². The lowest BCUT2D eigenvalue weighted by atomic mass is 10.1. The van der Waals surface area contributed by atoms with Crippen molar-refractivity contribution >= 4 is 11.6 Å². The topological polar surface area (TPSA) is 32.8 Å². The first-order valence-electron chi connectivity index (χ1n) is 8.53. The van der Waals surface area contributed by atoms with Crippen molar-refractivity contribution in [3.8, 4) is 0 Å². The number of nitrogens with zero attached hydrogens (tertiary/aromatic N) is 2. The Labute approximate surface area is 141 Å². The number of ether oxygens (including phenoxy) is 1. The zero-order valence-corrected chi connectivity index (χ0v) is 15.3. The Balaban J connectivity index is 2.33. The number of aryl methyl sites for hydroxylation is 1. The average molecular weight is 320 g/mol. The fourth-order valence-corrected chi connectivity index (χ4v) is 2.34. The lowest BCUT2D eigenvalue weighted by Crippen LogP contribution is -2.28. The molecule has 1 aromatic rings. The molecule has 4 heteroatoms. The lowest BCUT2D eigenvalue weighted by molar-refractivity contribution is -0.127. The van der Waals surface area contributed by atoms with Crippen molar-refractivity contribution in [3.05, 3.63) is 29.8 Å². The van der Waals surface area contributed by atoms with Gasteiger partial charge in [-0.3, -0.25) is 4.79 Å². The van der Waals surface area contributed by atoms with Crippen molar-refractivity contribution in [1.29, 1.82) is 0 Å². The highest BCUT2D eigenvalue weighted by molar-refractivity contribution is 5.72. The largest absolute Gasteiger partial charge is 0.379 e. The Kier molecular flexibility index (Phi) is 8.70. The second kappa shape index (κ2) is 10.3. The normalized spacial score (nSPS) is 10.9. The van der Waals surface area contributed by atoms with E-state index in [1.165, 1.54) is 11.3 Å². The highest BCUT2D eigenvalue weighted by Crippen LogP contribution is 2.15. The van der Waals surface area contributed by atoms with Crippen LogP contribution in [0.15, 0.2) is 24.3 Å². The molecular weight excluding hydrogens is 288 g/mol. The van der Waals surface area contributed by atoms with Crippen molar-refractivity contribution in [1.82, 2.24) is 4.90 Å². The molecule has 1 aromatic carbocycles. The van der Waals surface area contributed by atoms with Crippen LogP contribution in [-0.2, 0) is 16.0 Å². The number of hydrogen-bond donors (Lipinski definition) is 0. The maximum atomic E-state index is 11.2. The third-order valence-corrected chi connectivity index (χ3v) is 3.96. The molecule has 0 unspecified atom stereocenters. The van der Waals surface area contributed by atoms with Crippen molar-refractivity contribution in [2.75, 3.05) is 38.7 Å². The van der Waals surface area contributed by atoms with Gasteiger partial charge in [0.1, 0.15) is 0 Å². The monoisotopic (exact) mass is 320 g/mol. The number of carbonyl (C=O) groups is 1. The first-order valence-corrected chi connectivity index (χ1v) is 8.53. The highest BCUT2D eigenvalue weighted by Gasteiger charge is 2.04. The molecule has 0 saturated carbocycles. The molecule has 0 radical (unpaired) electrons. The predicted octanol–water partition coefficient (Wildman–Crippen LogP) is 3.35. The molecule has 0 heterocycles. The average Bonchev–Trinajstić information content (AvgIpc) is 2.51. The van der Waals surface area contributed by atoms with Gasteiger partial charge in [0.2, 0.25) is 5.91 Å². The van der Waals surface area contributed by atoms with Gasteiger partial charge in [0, 0.05) is 46.4 Å². The zero-order chi connectivity index (χ0) is 17.2. The molecule has 0 saturated heterocycles. The van der Waals surface area contributed by atoms with Gasteiger partial charge >= 0.3 is 0 Å². The van der Waals surface area contributed by atoms with Gasteiger partial charge in [-0.15, -0.1) is 0 Å². The summed E-state index contributed by atoms with van der Waals surface area (Å²) in [7, 11) is 3.94. The van der Waals surface area contributed by atoms with E-state index in [0.717, 1.165) is 39.0 Å². The zero-order valence-electron chi connectivity index (χ0n) is 15.3. The first kappa shape index (κ1) is 19.5. The Morgan fingerprint density at radius 2 is 1.74 bits per heavy atom. The van der Waals surface area contributed by atoms with E-state index in [2.05, 4.69) is 50.1 Å². The van der Waals surface area contributed by atoms with Crippen molar-refractivity contribution in [2.45, 2.75) is 46.1 Å². The Hall–Kier alpha value is -1.55. The van der Waals surface area contributed by atoms with E-state index in [1.807, 2.05) is 7.05 Å². The molecule has 0 aliphatic rings. The second-order valence-corrected chi connectivity index (χ2v) is 6.41. The molecule has 0 bridgehead atoms. The molecule has 1 amide bonds. The molecule has 0 aliphatic heterocycles. The van der Waals surface area contributed by atoms with Crippen molar-refractivity contribution < 1.29 is 9.53 Å². The van der Waals surface area contributed by atoms with E-state index in [4.69, 9.17) is 4.74 Å². The molecular formula is C19H32N2O2. The second-order valence-electron chi connectivity index (χ2n) is 6.41. The van der Waals surface area contributed by atoms with E-state index >= 15 is 0 Å². The van der Waals surface area contributed by atoms with Crippen LogP contribution in [-0.4, -0.2) is 50.7 Å². The molecule has 130 valence electrons. The van der Waals surface area contributed by atoms with Gasteiger partial charge in [0.25, 0.3) is 0 Å². The predicted molar refractivity (Wildman–Crippen MR) is 97.0 cm³/mol. The molecule has 0 aliphatic carbocycles. The number of benzene rings is 1. The van der Waals surface area contributed by atoms with Crippen LogP contribution in [0, 0.1) is 0 Å². The maximum absolute atomic E-state index is 11.2. The Bertz CT molecular complexity index is 457. The van der Waals surface area contributed by atoms with Gasteiger partial charge in [0.15, 0.2) is 0 Å². The van der Waals surface area contributed by atoms with Crippen LogP contribution >= 0.6 is 0 Å². The fraction of sp³-hybridized carbons (Fsp3) is 0.632. The van der Waals surface area contributed by atoms with Gasteiger partial charge in [-0.25, -0.2) is 0 Å². The maximum Gasteiger partial charge on any atom is 0.219 e. The summed E-state index contributed by atoms with van der Waals surface area (Å²) >= 11 is 0. The molecule has 4 nitrogen and oxygen atoms in total. The van der Waals surface area contributed by atoms with E-state index in [1.54, 1.807) is 11.8 Å². The fourth-order valence-electron chi connectivity index (χ4n) is 2.34. The number of hydrogen-bond acceptors (Lipinski definition) is 3. The summed E-state index contributed by atoms with van der Waals surface area (Å²) in [5.74, 6) is 0.124. The number of amides is 1. The lowest BCUT2D eigenvalue weighted by Gasteiger charge is -2.21. The highest BCUT2D eigenvalue weighted by atomic mass is 16.5. The van der Waals surface area contributed by atoms with Crippen LogP contribution in [0.1, 0.15) is 39.2 Å². The van der Waals surface area contributed by atoms with E-state index < -0.39 is 0 Å². The minimum Gasteiger partial charge on any atom is -0.379 e. The van der Waals surface area contributed by atoms with Gasteiger partial charge in [-0.05, 0) is 50.8 Å². The quantitative estimate of drug-likeness (QED) is 0.620. The molecule has 0 fully saturated rings. The summed E-state index contributed by atoms with van der Waals surface area (Å²) in [6, 6.07) is 8.74. The van der Waals surface area contributed by atoms with E-state index in [0.29, 0.717) is 6.10 Å².